The van der Waals surface area contributed by atoms with E-state index in [-0.39, 0.29) is 5.91 Å². The number of para-hydroxylation sites is 1. The SMILES string of the molecule is O=C(NCCc1cnccn1)c1ccccc1N1CCOCC1. The Labute approximate surface area is 135 Å². The quantitative estimate of drug-likeness (QED) is 0.901. The summed E-state index contributed by atoms with van der Waals surface area (Å²) in [5.41, 5.74) is 2.54. The molecule has 2 aromatic rings. The summed E-state index contributed by atoms with van der Waals surface area (Å²) in [5.74, 6) is -0.0593. The summed E-state index contributed by atoms with van der Waals surface area (Å²) in [4.78, 5) is 22.9. The lowest BCUT2D eigenvalue weighted by Crippen LogP contribution is -2.38. The van der Waals surface area contributed by atoms with Crippen LogP contribution in [-0.4, -0.2) is 48.7 Å². The molecule has 0 radical (unpaired) electrons. The number of hydrogen-bond acceptors (Lipinski definition) is 5. The van der Waals surface area contributed by atoms with E-state index in [1.807, 2.05) is 24.3 Å². The molecule has 0 saturated carbocycles. The van der Waals surface area contributed by atoms with E-state index < -0.39 is 0 Å². The van der Waals surface area contributed by atoms with Crippen molar-refractivity contribution >= 4 is 11.6 Å². The van der Waals surface area contributed by atoms with Gasteiger partial charge in [0.2, 0.25) is 0 Å². The van der Waals surface area contributed by atoms with Crippen molar-refractivity contribution in [3.05, 3.63) is 54.1 Å². The molecule has 6 nitrogen and oxygen atoms in total. The molecule has 0 bridgehead atoms. The fourth-order valence-electron chi connectivity index (χ4n) is 2.60. The third-order valence-corrected chi connectivity index (χ3v) is 3.78. The first-order valence-electron chi connectivity index (χ1n) is 7.79. The minimum absolute atomic E-state index is 0.0593. The maximum absolute atomic E-state index is 12.5. The fraction of sp³-hybridized carbons (Fsp3) is 0.353. The van der Waals surface area contributed by atoms with Crippen molar-refractivity contribution in [2.45, 2.75) is 6.42 Å². The van der Waals surface area contributed by atoms with E-state index in [0.29, 0.717) is 31.7 Å². The maximum Gasteiger partial charge on any atom is 0.253 e. The molecule has 1 amide bonds. The van der Waals surface area contributed by atoms with Gasteiger partial charge in [-0.05, 0) is 12.1 Å². The van der Waals surface area contributed by atoms with Gasteiger partial charge in [-0.3, -0.25) is 14.8 Å². The molecule has 23 heavy (non-hydrogen) atoms. The molecule has 1 fully saturated rings. The van der Waals surface area contributed by atoms with Crippen LogP contribution in [0.5, 0.6) is 0 Å². The van der Waals surface area contributed by atoms with E-state index >= 15 is 0 Å². The van der Waals surface area contributed by atoms with Crippen molar-refractivity contribution in [3.8, 4) is 0 Å². The molecule has 1 aromatic carbocycles. The molecule has 1 aliphatic rings. The Morgan fingerprint density at radius 3 is 2.83 bits per heavy atom. The molecule has 2 heterocycles. The van der Waals surface area contributed by atoms with Crippen molar-refractivity contribution in [1.29, 1.82) is 0 Å². The van der Waals surface area contributed by atoms with Crippen molar-refractivity contribution < 1.29 is 9.53 Å². The van der Waals surface area contributed by atoms with E-state index in [2.05, 4.69) is 20.2 Å². The minimum atomic E-state index is -0.0593. The van der Waals surface area contributed by atoms with Gasteiger partial charge >= 0.3 is 0 Å². The molecular formula is C17H20N4O2. The predicted molar refractivity (Wildman–Crippen MR) is 87.5 cm³/mol. The molecule has 6 heteroatoms. The Hall–Kier alpha value is -2.47. The van der Waals surface area contributed by atoms with Crippen LogP contribution in [0.25, 0.3) is 0 Å². The van der Waals surface area contributed by atoms with Gasteiger partial charge in [-0.1, -0.05) is 12.1 Å². The number of ether oxygens (including phenoxy) is 1. The number of nitrogens with one attached hydrogen (secondary N) is 1. The molecular weight excluding hydrogens is 292 g/mol. The van der Waals surface area contributed by atoms with E-state index in [1.165, 1.54) is 0 Å². The molecule has 0 atom stereocenters. The number of carbonyl (C=O) groups excluding carboxylic acids is 1. The Morgan fingerprint density at radius 2 is 2.04 bits per heavy atom. The van der Waals surface area contributed by atoms with Crippen LogP contribution in [0, 0.1) is 0 Å². The number of benzene rings is 1. The smallest absolute Gasteiger partial charge is 0.253 e. The molecule has 0 aliphatic carbocycles. The highest BCUT2D eigenvalue weighted by atomic mass is 16.5. The summed E-state index contributed by atoms with van der Waals surface area (Å²) < 4.78 is 5.38. The Kier molecular flexibility index (Phi) is 5.16. The number of carbonyl (C=O) groups is 1. The van der Waals surface area contributed by atoms with Crippen LogP contribution in [0.3, 0.4) is 0 Å². The molecule has 1 aliphatic heterocycles. The Morgan fingerprint density at radius 1 is 1.22 bits per heavy atom. The third-order valence-electron chi connectivity index (χ3n) is 3.78. The van der Waals surface area contributed by atoms with Crippen molar-refractivity contribution in [2.75, 3.05) is 37.7 Å². The normalized spacial score (nSPS) is 14.5. The molecule has 1 aromatic heterocycles. The van der Waals surface area contributed by atoms with Crippen LogP contribution in [0.1, 0.15) is 16.1 Å². The van der Waals surface area contributed by atoms with Crippen LogP contribution >= 0.6 is 0 Å². The lowest BCUT2D eigenvalue weighted by Gasteiger charge is -2.30. The van der Waals surface area contributed by atoms with Gasteiger partial charge in [0.15, 0.2) is 0 Å². The van der Waals surface area contributed by atoms with Crippen LogP contribution in [-0.2, 0) is 11.2 Å². The molecule has 0 unspecified atom stereocenters. The largest absolute Gasteiger partial charge is 0.378 e. The monoisotopic (exact) mass is 312 g/mol. The van der Waals surface area contributed by atoms with Crippen molar-refractivity contribution in [3.63, 3.8) is 0 Å². The van der Waals surface area contributed by atoms with Crippen LogP contribution in [0.15, 0.2) is 42.9 Å². The summed E-state index contributed by atoms with van der Waals surface area (Å²) >= 11 is 0. The maximum atomic E-state index is 12.5. The second-order valence-electron chi connectivity index (χ2n) is 5.32. The zero-order valence-electron chi connectivity index (χ0n) is 12.9. The molecule has 0 spiro atoms. The highest BCUT2D eigenvalue weighted by Gasteiger charge is 2.18. The fourth-order valence-corrected chi connectivity index (χ4v) is 2.60. The lowest BCUT2D eigenvalue weighted by molar-refractivity contribution is 0.0952. The average Bonchev–Trinajstić information content (AvgIpc) is 2.63. The number of aromatic nitrogens is 2. The van der Waals surface area contributed by atoms with Gasteiger partial charge in [-0.25, -0.2) is 0 Å². The standard InChI is InChI=1S/C17H20N4O2/c22-17(20-6-5-14-13-18-7-8-19-14)15-3-1-2-4-16(15)21-9-11-23-12-10-21/h1-4,7-8,13H,5-6,9-12H2,(H,20,22). The summed E-state index contributed by atoms with van der Waals surface area (Å²) in [7, 11) is 0. The predicted octanol–water partition coefficient (Wildman–Crippen LogP) is 1.29. The van der Waals surface area contributed by atoms with Gasteiger partial charge in [-0.2, -0.15) is 0 Å². The van der Waals surface area contributed by atoms with Gasteiger partial charge in [-0.15, -0.1) is 0 Å². The minimum Gasteiger partial charge on any atom is -0.378 e. The first-order chi connectivity index (χ1) is 11.3. The van der Waals surface area contributed by atoms with Gasteiger partial charge in [0.1, 0.15) is 0 Å². The van der Waals surface area contributed by atoms with E-state index in [9.17, 15) is 4.79 Å². The topological polar surface area (TPSA) is 67.4 Å². The van der Waals surface area contributed by atoms with Crippen molar-refractivity contribution in [1.82, 2.24) is 15.3 Å². The Bertz CT molecular complexity index is 642. The summed E-state index contributed by atoms with van der Waals surface area (Å²) in [6.45, 7) is 3.55. The van der Waals surface area contributed by atoms with Crippen LogP contribution < -0.4 is 10.2 Å². The van der Waals surface area contributed by atoms with Gasteiger partial charge in [0.05, 0.1) is 24.5 Å². The second kappa shape index (κ2) is 7.69. The summed E-state index contributed by atoms with van der Waals surface area (Å²) in [6, 6.07) is 7.70. The van der Waals surface area contributed by atoms with E-state index in [0.717, 1.165) is 24.5 Å². The second-order valence-corrected chi connectivity index (χ2v) is 5.32. The first-order valence-corrected chi connectivity index (χ1v) is 7.79. The van der Waals surface area contributed by atoms with Crippen LogP contribution in [0.4, 0.5) is 5.69 Å². The van der Waals surface area contributed by atoms with E-state index in [1.54, 1.807) is 18.6 Å². The number of hydrogen-bond donors (Lipinski definition) is 1. The average molecular weight is 312 g/mol. The lowest BCUT2D eigenvalue weighted by atomic mass is 10.1. The van der Waals surface area contributed by atoms with E-state index in [4.69, 9.17) is 4.74 Å². The zero-order valence-corrected chi connectivity index (χ0v) is 12.9. The zero-order chi connectivity index (χ0) is 15.9. The molecule has 120 valence electrons. The first kappa shape index (κ1) is 15.4. The third kappa shape index (κ3) is 4.04. The molecule has 1 saturated heterocycles. The number of amides is 1. The summed E-state index contributed by atoms with van der Waals surface area (Å²) in [6.07, 6.45) is 5.68. The molecule has 1 N–H and O–H groups in total. The van der Waals surface area contributed by atoms with Crippen LogP contribution in [0.2, 0.25) is 0 Å². The summed E-state index contributed by atoms with van der Waals surface area (Å²) in [5, 5.41) is 2.96. The number of nitrogens with zero attached hydrogens (tertiary/aromatic N) is 3. The number of rotatable bonds is 5. The molecule has 3 rings (SSSR count). The van der Waals surface area contributed by atoms with Crippen molar-refractivity contribution in [2.24, 2.45) is 0 Å². The number of morpholine rings is 1. The van der Waals surface area contributed by atoms with Gasteiger partial charge < -0.3 is 15.0 Å². The van der Waals surface area contributed by atoms with Gasteiger partial charge in [0, 0.05) is 50.3 Å². The highest BCUT2D eigenvalue weighted by molar-refractivity contribution is 5.99. The van der Waals surface area contributed by atoms with Gasteiger partial charge in [0.25, 0.3) is 5.91 Å². The Balaban J connectivity index is 1.62. The number of anilines is 1. The highest BCUT2D eigenvalue weighted by Crippen LogP contribution is 2.21.